The van der Waals surface area contributed by atoms with Gasteiger partial charge in [0, 0.05) is 0 Å². The van der Waals surface area contributed by atoms with Crippen molar-refractivity contribution in [3.63, 3.8) is 0 Å². The van der Waals surface area contributed by atoms with Gasteiger partial charge in [-0.2, -0.15) is 0 Å². The molecule has 0 aromatic heterocycles. The Hall–Kier alpha value is -0.0400. The van der Waals surface area contributed by atoms with Crippen LogP contribution >= 0.6 is 0 Å². The first-order valence-electron chi connectivity index (χ1n) is 6.28. The molecule has 1 heteroatoms. The quantitative estimate of drug-likeness (QED) is 0.628. The molecule has 1 N–H and O–H groups in total. The third kappa shape index (κ3) is 1.05. The Morgan fingerprint density at radius 2 is 1.86 bits per heavy atom. The van der Waals surface area contributed by atoms with Crippen molar-refractivity contribution in [3.05, 3.63) is 0 Å². The van der Waals surface area contributed by atoms with Crippen molar-refractivity contribution in [1.29, 1.82) is 0 Å². The van der Waals surface area contributed by atoms with Crippen molar-refractivity contribution in [2.45, 2.75) is 52.1 Å². The number of aliphatic hydroxyl groups excluding tert-OH is 1. The predicted molar refractivity (Wildman–Crippen MR) is 56.8 cm³/mol. The van der Waals surface area contributed by atoms with Crippen LogP contribution < -0.4 is 0 Å². The summed E-state index contributed by atoms with van der Waals surface area (Å²) in [5.41, 5.74) is 0.197. The second-order valence-electron chi connectivity index (χ2n) is 6.56. The SMILES string of the molecule is CC1(C)CC2C3CCCC3CC2C1O. The summed E-state index contributed by atoms with van der Waals surface area (Å²) in [6.45, 7) is 4.50. The fraction of sp³-hybridized carbons (Fsp3) is 1.00. The maximum Gasteiger partial charge on any atom is 0.0622 e. The van der Waals surface area contributed by atoms with Crippen LogP contribution in [0.1, 0.15) is 46.0 Å². The highest BCUT2D eigenvalue weighted by atomic mass is 16.3. The molecule has 0 aromatic carbocycles. The van der Waals surface area contributed by atoms with Gasteiger partial charge in [0.15, 0.2) is 0 Å². The second-order valence-corrected chi connectivity index (χ2v) is 6.56. The molecule has 3 aliphatic carbocycles. The zero-order valence-corrected chi connectivity index (χ0v) is 9.37. The number of hydrogen-bond acceptors (Lipinski definition) is 1. The number of aliphatic hydroxyl groups is 1. The fourth-order valence-corrected chi connectivity index (χ4v) is 4.74. The molecule has 0 spiro atoms. The lowest BCUT2D eigenvalue weighted by Crippen LogP contribution is -2.28. The molecule has 0 saturated heterocycles. The van der Waals surface area contributed by atoms with Crippen LogP contribution in [-0.2, 0) is 0 Å². The minimum Gasteiger partial charge on any atom is -0.392 e. The van der Waals surface area contributed by atoms with Gasteiger partial charge in [-0.15, -0.1) is 0 Å². The Balaban J connectivity index is 1.85. The Morgan fingerprint density at radius 3 is 2.64 bits per heavy atom. The normalized spacial score (nSPS) is 54.6. The molecular weight excluding hydrogens is 172 g/mol. The van der Waals surface area contributed by atoms with E-state index in [9.17, 15) is 5.11 Å². The molecular formula is C13H22O. The van der Waals surface area contributed by atoms with Crippen molar-refractivity contribution < 1.29 is 5.11 Å². The fourth-order valence-electron chi connectivity index (χ4n) is 4.74. The molecule has 3 aliphatic rings. The van der Waals surface area contributed by atoms with E-state index in [-0.39, 0.29) is 11.5 Å². The molecule has 0 aliphatic heterocycles. The van der Waals surface area contributed by atoms with E-state index < -0.39 is 0 Å². The van der Waals surface area contributed by atoms with E-state index in [2.05, 4.69) is 13.8 Å². The zero-order valence-electron chi connectivity index (χ0n) is 9.37. The van der Waals surface area contributed by atoms with Crippen molar-refractivity contribution in [1.82, 2.24) is 0 Å². The Bertz CT molecular complexity index is 246. The lowest BCUT2D eigenvalue weighted by atomic mass is 9.82. The van der Waals surface area contributed by atoms with Crippen LogP contribution in [0.3, 0.4) is 0 Å². The van der Waals surface area contributed by atoms with Crippen molar-refractivity contribution in [2.24, 2.45) is 29.1 Å². The minimum absolute atomic E-state index is 0.0156. The standard InChI is InChI=1S/C13H22O/c1-13(2)7-11-9-5-3-4-8(9)6-10(11)12(13)14/h8-12,14H,3-7H2,1-2H3. The summed E-state index contributed by atoms with van der Waals surface area (Å²) in [6, 6.07) is 0. The average molecular weight is 194 g/mol. The summed E-state index contributed by atoms with van der Waals surface area (Å²) in [5, 5.41) is 10.3. The third-order valence-corrected chi connectivity index (χ3v) is 5.36. The third-order valence-electron chi connectivity index (χ3n) is 5.36. The summed E-state index contributed by atoms with van der Waals surface area (Å²) in [6.07, 6.45) is 6.95. The van der Waals surface area contributed by atoms with E-state index in [0.29, 0.717) is 5.92 Å². The molecule has 0 radical (unpaired) electrons. The van der Waals surface area contributed by atoms with E-state index in [1.807, 2.05) is 0 Å². The van der Waals surface area contributed by atoms with E-state index in [4.69, 9.17) is 0 Å². The molecule has 80 valence electrons. The molecule has 5 atom stereocenters. The Labute approximate surface area is 86.9 Å². The molecule has 3 fully saturated rings. The van der Waals surface area contributed by atoms with Gasteiger partial charge in [-0.3, -0.25) is 0 Å². The van der Waals surface area contributed by atoms with Crippen LogP contribution in [0.2, 0.25) is 0 Å². The van der Waals surface area contributed by atoms with Crippen LogP contribution in [0, 0.1) is 29.1 Å². The molecule has 0 amide bonds. The Kier molecular flexibility index (Phi) is 1.81. The number of fused-ring (bicyclic) bond motifs is 3. The van der Waals surface area contributed by atoms with E-state index >= 15 is 0 Å². The van der Waals surface area contributed by atoms with E-state index in [0.717, 1.165) is 17.8 Å². The van der Waals surface area contributed by atoms with Gasteiger partial charge < -0.3 is 5.11 Å². The first kappa shape index (κ1) is 9.21. The van der Waals surface area contributed by atoms with Gasteiger partial charge in [0.25, 0.3) is 0 Å². The monoisotopic (exact) mass is 194 g/mol. The number of rotatable bonds is 0. The second kappa shape index (κ2) is 2.75. The summed E-state index contributed by atoms with van der Waals surface area (Å²) in [7, 11) is 0. The minimum atomic E-state index is -0.0156. The maximum absolute atomic E-state index is 10.3. The average Bonchev–Trinajstić information content (AvgIpc) is 2.70. The van der Waals surface area contributed by atoms with Gasteiger partial charge >= 0.3 is 0 Å². The lowest BCUT2D eigenvalue weighted by molar-refractivity contribution is 0.0419. The summed E-state index contributed by atoms with van der Waals surface area (Å²) in [4.78, 5) is 0. The van der Waals surface area contributed by atoms with Gasteiger partial charge in [-0.25, -0.2) is 0 Å². The van der Waals surface area contributed by atoms with Crippen LogP contribution in [0.4, 0.5) is 0 Å². The first-order chi connectivity index (χ1) is 6.59. The number of hydrogen-bond donors (Lipinski definition) is 1. The van der Waals surface area contributed by atoms with Crippen LogP contribution in [-0.4, -0.2) is 11.2 Å². The van der Waals surface area contributed by atoms with Crippen molar-refractivity contribution in [2.75, 3.05) is 0 Å². The Morgan fingerprint density at radius 1 is 1.07 bits per heavy atom. The van der Waals surface area contributed by atoms with E-state index in [1.165, 1.54) is 32.1 Å². The van der Waals surface area contributed by atoms with Gasteiger partial charge in [0.1, 0.15) is 0 Å². The van der Waals surface area contributed by atoms with Crippen LogP contribution in [0.25, 0.3) is 0 Å². The lowest BCUT2D eigenvalue weighted by Gasteiger charge is -2.26. The highest BCUT2D eigenvalue weighted by Gasteiger charge is 2.56. The van der Waals surface area contributed by atoms with Gasteiger partial charge in [-0.1, -0.05) is 26.7 Å². The molecule has 0 bridgehead atoms. The first-order valence-corrected chi connectivity index (χ1v) is 6.28. The molecule has 5 unspecified atom stereocenters. The highest BCUT2D eigenvalue weighted by molar-refractivity contribution is 5.06. The van der Waals surface area contributed by atoms with E-state index in [1.54, 1.807) is 0 Å². The molecule has 0 heterocycles. The largest absolute Gasteiger partial charge is 0.392 e. The molecule has 1 nitrogen and oxygen atoms in total. The molecule has 0 aromatic rings. The summed E-state index contributed by atoms with van der Waals surface area (Å²) < 4.78 is 0. The molecule has 14 heavy (non-hydrogen) atoms. The van der Waals surface area contributed by atoms with Crippen LogP contribution in [0.15, 0.2) is 0 Å². The van der Waals surface area contributed by atoms with Crippen LogP contribution in [0.5, 0.6) is 0 Å². The molecule has 3 rings (SSSR count). The van der Waals surface area contributed by atoms with Crippen molar-refractivity contribution in [3.8, 4) is 0 Å². The zero-order chi connectivity index (χ0) is 9.92. The van der Waals surface area contributed by atoms with Gasteiger partial charge in [-0.05, 0) is 48.3 Å². The maximum atomic E-state index is 10.3. The van der Waals surface area contributed by atoms with Gasteiger partial charge in [0.05, 0.1) is 6.10 Å². The molecule has 3 saturated carbocycles. The predicted octanol–water partition coefficient (Wildman–Crippen LogP) is 2.83. The highest BCUT2D eigenvalue weighted by Crippen LogP contribution is 2.61. The van der Waals surface area contributed by atoms with Gasteiger partial charge in [0.2, 0.25) is 0 Å². The topological polar surface area (TPSA) is 20.2 Å². The summed E-state index contributed by atoms with van der Waals surface area (Å²) in [5.74, 6) is 3.49. The smallest absolute Gasteiger partial charge is 0.0622 e. The van der Waals surface area contributed by atoms with Crippen molar-refractivity contribution >= 4 is 0 Å². The summed E-state index contributed by atoms with van der Waals surface area (Å²) >= 11 is 0.